The molecular weight excluding hydrogens is 249 g/mol. The van der Waals surface area contributed by atoms with Crippen LogP contribution in [0.25, 0.3) is 0 Å². The number of nitrogens with zero attached hydrogens (tertiary/aromatic N) is 1. The first-order valence-corrected chi connectivity index (χ1v) is 5.39. The maximum atomic E-state index is 12.5. The van der Waals surface area contributed by atoms with Gasteiger partial charge in [0.25, 0.3) is 5.91 Å². The minimum absolute atomic E-state index is 0.136. The minimum atomic E-state index is -4.58. The van der Waals surface area contributed by atoms with Crippen LogP contribution in [0.5, 0.6) is 5.88 Å². The Morgan fingerprint density at radius 2 is 2.11 bits per heavy atom. The summed E-state index contributed by atoms with van der Waals surface area (Å²) in [6, 6.07) is 1.70. The number of primary amides is 1. The molecule has 98 valence electrons. The Bertz CT molecular complexity index is 470. The van der Waals surface area contributed by atoms with Gasteiger partial charge in [0.1, 0.15) is 11.3 Å². The van der Waals surface area contributed by atoms with Crippen LogP contribution >= 0.6 is 0 Å². The quantitative estimate of drug-likeness (QED) is 0.900. The topological polar surface area (TPSA) is 65.2 Å². The van der Waals surface area contributed by atoms with Crippen molar-refractivity contribution in [2.45, 2.75) is 19.0 Å². The number of ether oxygens (including phenoxy) is 1. The number of hydrogen-bond acceptors (Lipinski definition) is 3. The van der Waals surface area contributed by atoms with Gasteiger partial charge in [0, 0.05) is 0 Å². The van der Waals surface area contributed by atoms with Crippen LogP contribution in [0.1, 0.15) is 28.9 Å². The molecule has 0 atom stereocenters. The molecule has 2 N–H and O–H groups in total. The lowest BCUT2D eigenvalue weighted by Crippen LogP contribution is -2.17. The summed E-state index contributed by atoms with van der Waals surface area (Å²) in [7, 11) is 0. The lowest BCUT2D eigenvalue weighted by molar-refractivity contribution is -0.141. The molecular formula is C11H11F3N2O2. The summed E-state index contributed by atoms with van der Waals surface area (Å²) in [6.45, 7) is 0.259. The molecule has 1 aromatic heterocycles. The third-order valence-electron chi connectivity index (χ3n) is 2.57. The Hall–Kier alpha value is -1.79. The van der Waals surface area contributed by atoms with Gasteiger partial charge in [0.2, 0.25) is 5.88 Å². The first-order chi connectivity index (χ1) is 8.38. The zero-order valence-electron chi connectivity index (χ0n) is 9.33. The number of amides is 1. The van der Waals surface area contributed by atoms with Crippen molar-refractivity contribution < 1.29 is 22.7 Å². The average molecular weight is 260 g/mol. The SMILES string of the molecule is NC(=O)c1ccc(C(F)(F)F)nc1OCC1CC1. The number of nitrogens with two attached hydrogens (primary N) is 1. The number of alkyl halides is 3. The van der Waals surface area contributed by atoms with E-state index < -0.39 is 17.8 Å². The van der Waals surface area contributed by atoms with Crippen LogP contribution in [0.2, 0.25) is 0 Å². The van der Waals surface area contributed by atoms with Gasteiger partial charge in [-0.3, -0.25) is 4.79 Å². The Morgan fingerprint density at radius 3 is 2.61 bits per heavy atom. The fourth-order valence-corrected chi connectivity index (χ4v) is 1.38. The van der Waals surface area contributed by atoms with Gasteiger partial charge < -0.3 is 10.5 Å². The van der Waals surface area contributed by atoms with Crippen molar-refractivity contribution in [1.29, 1.82) is 0 Å². The van der Waals surface area contributed by atoms with Crippen LogP contribution < -0.4 is 10.5 Å². The molecule has 0 aromatic carbocycles. The molecule has 0 radical (unpaired) electrons. The van der Waals surface area contributed by atoms with Gasteiger partial charge in [-0.15, -0.1) is 0 Å². The van der Waals surface area contributed by atoms with Gasteiger partial charge in [-0.1, -0.05) is 0 Å². The van der Waals surface area contributed by atoms with Gasteiger partial charge in [0.15, 0.2) is 0 Å². The second-order valence-electron chi connectivity index (χ2n) is 4.17. The van der Waals surface area contributed by atoms with Crippen LogP contribution in [0.3, 0.4) is 0 Å². The largest absolute Gasteiger partial charge is 0.477 e. The molecule has 1 aromatic rings. The molecule has 18 heavy (non-hydrogen) atoms. The zero-order chi connectivity index (χ0) is 13.3. The average Bonchev–Trinajstić information content (AvgIpc) is 3.08. The molecule has 1 saturated carbocycles. The summed E-state index contributed by atoms with van der Waals surface area (Å²) < 4.78 is 42.6. The van der Waals surface area contributed by atoms with E-state index in [0.29, 0.717) is 12.0 Å². The molecule has 0 saturated heterocycles. The molecule has 7 heteroatoms. The standard InChI is InChI=1S/C11H11F3N2O2/c12-11(13,14)8-4-3-7(9(15)17)10(16-8)18-5-6-1-2-6/h3-4,6H,1-2,5H2,(H2,15,17). The first-order valence-electron chi connectivity index (χ1n) is 5.39. The van der Waals surface area contributed by atoms with Gasteiger partial charge in [-0.25, -0.2) is 4.98 Å². The van der Waals surface area contributed by atoms with Gasteiger partial charge in [-0.05, 0) is 30.9 Å². The van der Waals surface area contributed by atoms with Crippen molar-refractivity contribution in [3.63, 3.8) is 0 Å². The normalized spacial score (nSPS) is 15.5. The van der Waals surface area contributed by atoms with Crippen molar-refractivity contribution in [1.82, 2.24) is 4.98 Å². The first kappa shape index (κ1) is 12.7. The van der Waals surface area contributed by atoms with Crippen LogP contribution in [-0.4, -0.2) is 17.5 Å². The second kappa shape index (κ2) is 4.47. The third kappa shape index (κ3) is 2.91. The molecule has 4 nitrogen and oxygen atoms in total. The van der Waals surface area contributed by atoms with Crippen LogP contribution in [0, 0.1) is 5.92 Å². The number of carbonyl (C=O) groups excluding carboxylic acids is 1. The van der Waals surface area contributed by atoms with Crippen LogP contribution in [0.15, 0.2) is 12.1 Å². The Labute approximate surface area is 101 Å². The van der Waals surface area contributed by atoms with Gasteiger partial charge in [0.05, 0.1) is 6.61 Å². The van der Waals surface area contributed by atoms with E-state index in [2.05, 4.69) is 4.98 Å². The van der Waals surface area contributed by atoms with Crippen molar-refractivity contribution >= 4 is 5.91 Å². The number of hydrogen-bond donors (Lipinski definition) is 1. The molecule has 0 bridgehead atoms. The summed E-state index contributed by atoms with van der Waals surface area (Å²) in [4.78, 5) is 14.4. The predicted molar refractivity (Wildman–Crippen MR) is 56.0 cm³/mol. The van der Waals surface area contributed by atoms with Crippen LogP contribution in [-0.2, 0) is 6.18 Å². The molecule has 2 rings (SSSR count). The molecule has 1 fully saturated rings. The highest BCUT2D eigenvalue weighted by Crippen LogP contribution is 2.32. The van der Waals surface area contributed by atoms with E-state index in [4.69, 9.17) is 10.5 Å². The van der Waals surface area contributed by atoms with E-state index in [-0.39, 0.29) is 18.1 Å². The second-order valence-corrected chi connectivity index (χ2v) is 4.17. The van der Waals surface area contributed by atoms with Crippen LogP contribution in [0.4, 0.5) is 13.2 Å². The van der Waals surface area contributed by atoms with E-state index >= 15 is 0 Å². The lowest BCUT2D eigenvalue weighted by Gasteiger charge is -2.11. The van der Waals surface area contributed by atoms with Gasteiger partial charge >= 0.3 is 6.18 Å². The van der Waals surface area contributed by atoms with E-state index in [1.165, 1.54) is 0 Å². The molecule has 1 heterocycles. The molecule has 0 unspecified atom stereocenters. The zero-order valence-corrected chi connectivity index (χ0v) is 9.33. The smallest absolute Gasteiger partial charge is 0.433 e. The number of aromatic nitrogens is 1. The Balaban J connectivity index is 2.27. The van der Waals surface area contributed by atoms with E-state index in [1.807, 2.05) is 0 Å². The molecule has 1 aliphatic rings. The van der Waals surface area contributed by atoms with Crippen molar-refractivity contribution in [2.24, 2.45) is 11.7 Å². The molecule has 1 amide bonds. The third-order valence-corrected chi connectivity index (χ3v) is 2.57. The fraction of sp³-hybridized carbons (Fsp3) is 0.455. The van der Waals surface area contributed by atoms with E-state index in [1.54, 1.807) is 0 Å². The number of rotatable bonds is 4. The summed E-state index contributed by atoms with van der Waals surface area (Å²) >= 11 is 0. The van der Waals surface area contributed by atoms with Crippen molar-refractivity contribution in [3.05, 3.63) is 23.4 Å². The Morgan fingerprint density at radius 1 is 1.44 bits per heavy atom. The summed E-state index contributed by atoms with van der Waals surface area (Å²) in [5.41, 5.74) is 3.82. The minimum Gasteiger partial charge on any atom is -0.477 e. The maximum absolute atomic E-state index is 12.5. The molecule has 0 aliphatic heterocycles. The molecule has 1 aliphatic carbocycles. The van der Waals surface area contributed by atoms with E-state index in [9.17, 15) is 18.0 Å². The summed E-state index contributed by atoms with van der Waals surface area (Å²) in [5, 5.41) is 0. The number of halogens is 3. The number of carbonyl (C=O) groups is 1. The predicted octanol–water partition coefficient (Wildman–Crippen LogP) is 1.99. The highest BCUT2D eigenvalue weighted by Gasteiger charge is 2.34. The van der Waals surface area contributed by atoms with Crippen molar-refractivity contribution in [3.8, 4) is 5.88 Å². The fourth-order valence-electron chi connectivity index (χ4n) is 1.38. The lowest BCUT2D eigenvalue weighted by atomic mass is 10.2. The Kier molecular flexibility index (Phi) is 3.14. The van der Waals surface area contributed by atoms with Crippen molar-refractivity contribution in [2.75, 3.05) is 6.61 Å². The summed E-state index contributed by atoms with van der Waals surface area (Å²) in [6.07, 6.45) is -2.62. The highest BCUT2D eigenvalue weighted by atomic mass is 19.4. The monoisotopic (exact) mass is 260 g/mol. The van der Waals surface area contributed by atoms with E-state index in [0.717, 1.165) is 18.9 Å². The maximum Gasteiger partial charge on any atom is 0.433 e. The summed E-state index contributed by atoms with van der Waals surface area (Å²) in [5.74, 6) is -0.867. The molecule has 0 spiro atoms. The number of pyridine rings is 1. The highest BCUT2D eigenvalue weighted by molar-refractivity contribution is 5.95. The van der Waals surface area contributed by atoms with Gasteiger partial charge in [-0.2, -0.15) is 13.2 Å².